The molecule has 80 valence electrons. The predicted octanol–water partition coefficient (Wildman–Crippen LogP) is 0.920. The summed E-state index contributed by atoms with van der Waals surface area (Å²) in [5.74, 6) is 0.0250. The Morgan fingerprint density at radius 3 is 3.20 bits per heavy atom. The van der Waals surface area contributed by atoms with Crippen LogP contribution in [0.1, 0.15) is 19.3 Å². The highest BCUT2D eigenvalue weighted by Crippen LogP contribution is 2.24. The van der Waals surface area contributed by atoms with Crippen LogP contribution in [0.2, 0.25) is 0 Å². The summed E-state index contributed by atoms with van der Waals surface area (Å²) in [6.45, 7) is 0.872. The molecule has 1 fully saturated rings. The molecule has 0 spiro atoms. The maximum absolute atomic E-state index is 10.7. The molecule has 0 aromatic carbocycles. The third kappa shape index (κ3) is 2.23. The van der Waals surface area contributed by atoms with Gasteiger partial charge in [-0.3, -0.25) is 4.79 Å². The van der Waals surface area contributed by atoms with Crippen LogP contribution in [-0.2, 0) is 4.79 Å². The SMILES string of the molecule is O=C(O)CC1CCCN1c1cccnn1. The van der Waals surface area contributed by atoms with E-state index in [0.29, 0.717) is 0 Å². The smallest absolute Gasteiger partial charge is 0.305 e. The predicted molar refractivity (Wildman–Crippen MR) is 54.7 cm³/mol. The summed E-state index contributed by atoms with van der Waals surface area (Å²) < 4.78 is 0. The van der Waals surface area contributed by atoms with Gasteiger partial charge in [0.1, 0.15) is 0 Å². The zero-order valence-electron chi connectivity index (χ0n) is 8.33. The lowest BCUT2D eigenvalue weighted by atomic mass is 10.1. The van der Waals surface area contributed by atoms with Gasteiger partial charge >= 0.3 is 5.97 Å². The van der Waals surface area contributed by atoms with E-state index in [0.717, 1.165) is 25.2 Å². The van der Waals surface area contributed by atoms with Crippen LogP contribution in [0.4, 0.5) is 5.82 Å². The van der Waals surface area contributed by atoms with Gasteiger partial charge in [-0.25, -0.2) is 0 Å². The Morgan fingerprint density at radius 1 is 1.67 bits per heavy atom. The third-order valence-electron chi connectivity index (χ3n) is 2.64. The van der Waals surface area contributed by atoms with Crippen molar-refractivity contribution < 1.29 is 9.90 Å². The van der Waals surface area contributed by atoms with Crippen molar-refractivity contribution in [3.8, 4) is 0 Å². The van der Waals surface area contributed by atoms with Crippen molar-refractivity contribution in [2.75, 3.05) is 11.4 Å². The summed E-state index contributed by atoms with van der Waals surface area (Å²) in [4.78, 5) is 12.7. The van der Waals surface area contributed by atoms with Gasteiger partial charge in [0, 0.05) is 18.8 Å². The number of hydrogen-bond acceptors (Lipinski definition) is 4. The van der Waals surface area contributed by atoms with Gasteiger partial charge in [-0.05, 0) is 25.0 Å². The van der Waals surface area contributed by atoms with Crippen LogP contribution in [0, 0.1) is 0 Å². The second-order valence-corrected chi connectivity index (χ2v) is 3.67. The number of aliphatic carboxylic acids is 1. The molecule has 15 heavy (non-hydrogen) atoms. The third-order valence-corrected chi connectivity index (χ3v) is 2.64. The highest BCUT2D eigenvalue weighted by Gasteiger charge is 2.27. The second-order valence-electron chi connectivity index (χ2n) is 3.67. The lowest BCUT2D eigenvalue weighted by Crippen LogP contribution is -2.31. The molecule has 1 aliphatic rings. The molecule has 0 amide bonds. The minimum atomic E-state index is -0.754. The van der Waals surface area contributed by atoms with E-state index in [4.69, 9.17) is 5.11 Å². The second kappa shape index (κ2) is 4.25. The van der Waals surface area contributed by atoms with Crippen molar-refractivity contribution in [2.45, 2.75) is 25.3 Å². The Morgan fingerprint density at radius 2 is 2.53 bits per heavy atom. The summed E-state index contributed by atoms with van der Waals surface area (Å²) in [5.41, 5.74) is 0. The summed E-state index contributed by atoms with van der Waals surface area (Å²) >= 11 is 0. The van der Waals surface area contributed by atoms with E-state index in [1.807, 2.05) is 17.0 Å². The van der Waals surface area contributed by atoms with Gasteiger partial charge in [0.05, 0.1) is 6.42 Å². The van der Waals surface area contributed by atoms with Crippen LogP contribution in [0.15, 0.2) is 18.3 Å². The molecule has 1 N–H and O–H groups in total. The number of carbonyl (C=O) groups is 1. The van der Waals surface area contributed by atoms with E-state index in [1.165, 1.54) is 0 Å². The summed E-state index contributed by atoms with van der Waals surface area (Å²) in [5, 5.41) is 16.6. The van der Waals surface area contributed by atoms with Gasteiger partial charge in [-0.2, -0.15) is 5.10 Å². The fraction of sp³-hybridized carbons (Fsp3) is 0.500. The maximum atomic E-state index is 10.7. The first-order chi connectivity index (χ1) is 7.27. The molecule has 1 aromatic rings. The van der Waals surface area contributed by atoms with Gasteiger partial charge in [0.2, 0.25) is 0 Å². The molecule has 1 saturated heterocycles. The molecular weight excluding hydrogens is 194 g/mol. The Bertz CT molecular complexity index is 342. The average molecular weight is 207 g/mol. The number of nitrogens with zero attached hydrogens (tertiary/aromatic N) is 3. The van der Waals surface area contributed by atoms with E-state index in [-0.39, 0.29) is 12.5 Å². The Balaban J connectivity index is 2.11. The molecule has 5 nitrogen and oxygen atoms in total. The molecule has 1 unspecified atom stereocenters. The number of hydrogen-bond donors (Lipinski definition) is 1. The van der Waals surface area contributed by atoms with Gasteiger partial charge in [0.15, 0.2) is 5.82 Å². The van der Waals surface area contributed by atoms with Crippen LogP contribution < -0.4 is 4.90 Å². The highest BCUT2D eigenvalue weighted by molar-refractivity contribution is 5.68. The number of aromatic nitrogens is 2. The normalized spacial score (nSPS) is 20.5. The van der Waals surface area contributed by atoms with Crippen LogP contribution in [-0.4, -0.2) is 33.9 Å². The Kier molecular flexibility index (Phi) is 2.80. The van der Waals surface area contributed by atoms with Crippen LogP contribution >= 0.6 is 0 Å². The molecule has 5 heteroatoms. The van der Waals surface area contributed by atoms with E-state index >= 15 is 0 Å². The monoisotopic (exact) mass is 207 g/mol. The Hall–Kier alpha value is -1.65. The molecule has 0 bridgehead atoms. The Labute approximate surface area is 87.7 Å². The molecule has 0 saturated carbocycles. The van der Waals surface area contributed by atoms with Gasteiger partial charge in [-0.15, -0.1) is 5.10 Å². The number of carboxylic acid groups (broad SMARTS) is 1. The van der Waals surface area contributed by atoms with Crippen molar-refractivity contribution in [1.82, 2.24) is 10.2 Å². The number of anilines is 1. The fourth-order valence-corrected chi connectivity index (χ4v) is 2.00. The van der Waals surface area contributed by atoms with Crippen molar-refractivity contribution in [2.24, 2.45) is 0 Å². The summed E-state index contributed by atoms with van der Waals surface area (Å²) in [7, 11) is 0. The van der Waals surface area contributed by atoms with Crippen LogP contribution in [0.3, 0.4) is 0 Å². The molecule has 2 rings (SSSR count). The van der Waals surface area contributed by atoms with Crippen molar-refractivity contribution in [3.05, 3.63) is 18.3 Å². The van der Waals surface area contributed by atoms with E-state index < -0.39 is 5.97 Å². The molecule has 2 heterocycles. The topological polar surface area (TPSA) is 66.3 Å². The first-order valence-corrected chi connectivity index (χ1v) is 5.03. The molecular formula is C10H13N3O2. The lowest BCUT2D eigenvalue weighted by Gasteiger charge is -2.23. The minimum Gasteiger partial charge on any atom is -0.481 e. The number of rotatable bonds is 3. The fourth-order valence-electron chi connectivity index (χ4n) is 2.00. The minimum absolute atomic E-state index is 0.0687. The van der Waals surface area contributed by atoms with Crippen molar-refractivity contribution in [3.63, 3.8) is 0 Å². The number of carboxylic acids is 1. The summed E-state index contributed by atoms with van der Waals surface area (Å²) in [6, 6.07) is 3.75. The standard InChI is InChI=1S/C10H13N3O2/c14-10(15)7-8-3-2-6-13(8)9-4-1-5-11-12-9/h1,4-5,8H,2-3,6-7H2,(H,14,15). The first-order valence-electron chi connectivity index (χ1n) is 5.03. The zero-order valence-corrected chi connectivity index (χ0v) is 8.33. The zero-order chi connectivity index (χ0) is 10.7. The lowest BCUT2D eigenvalue weighted by molar-refractivity contribution is -0.137. The van der Waals surface area contributed by atoms with Crippen molar-refractivity contribution in [1.29, 1.82) is 0 Å². The quantitative estimate of drug-likeness (QED) is 0.798. The van der Waals surface area contributed by atoms with Crippen LogP contribution in [0.5, 0.6) is 0 Å². The van der Waals surface area contributed by atoms with Crippen LogP contribution in [0.25, 0.3) is 0 Å². The maximum Gasteiger partial charge on any atom is 0.305 e. The van der Waals surface area contributed by atoms with E-state index in [9.17, 15) is 4.79 Å². The molecule has 0 radical (unpaired) electrons. The van der Waals surface area contributed by atoms with Crippen molar-refractivity contribution >= 4 is 11.8 Å². The highest BCUT2D eigenvalue weighted by atomic mass is 16.4. The van der Waals surface area contributed by atoms with E-state index in [2.05, 4.69) is 10.2 Å². The van der Waals surface area contributed by atoms with E-state index in [1.54, 1.807) is 6.20 Å². The molecule has 1 aliphatic heterocycles. The molecule has 0 aliphatic carbocycles. The molecule has 1 atom stereocenters. The van der Waals surface area contributed by atoms with Gasteiger partial charge < -0.3 is 10.0 Å². The van der Waals surface area contributed by atoms with Gasteiger partial charge in [-0.1, -0.05) is 0 Å². The first kappa shape index (κ1) is 9.89. The molecule has 1 aromatic heterocycles. The summed E-state index contributed by atoms with van der Waals surface area (Å²) in [6.07, 6.45) is 3.74. The largest absolute Gasteiger partial charge is 0.481 e. The van der Waals surface area contributed by atoms with Gasteiger partial charge in [0.25, 0.3) is 0 Å². The average Bonchev–Trinajstić information content (AvgIpc) is 2.66.